The highest BCUT2D eigenvalue weighted by Gasteiger charge is 2.35. The molecule has 1 saturated heterocycles. The zero-order valence-corrected chi connectivity index (χ0v) is 18.6. The molecule has 0 spiro atoms. The van der Waals surface area contributed by atoms with Crippen molar-refractivity contribution in [1.29, 1.82) is 0 Å². The molecular formula is C24H29N3O5. The minimum absolute atomic E-state index is 0.0524. The van der Waals surface area contributed by atoms with Crippen LogP contribution >= 0.6 is 0 Å². The fourth-order valence-corrected chi connectivity index (χ4v) is 4.29. The second-order valence-corrected chi connectivity index (χ2v) is 8.86. The summed E-state index contributed by atoms with van der Waals surface area (Å²) in [7, 11) is 0. The third-order valence-electron chi connectivity index (χ3n) is 5.78. The smallest absolute Gasteiger partial charge is 0.258 e. The van der Waals surface area contributed by atoms with Gasteiger partial charge in [-0.05, 0) is 24.5 Å². The van der Waals surface area contributed by atoms with Crippen LogP contribution in [0.2, 0.25) is 0 Å². The van der Waals surface area contributed by atoms with Gasteiger partial charge in [0.2, 0.25) is 5.91 Å². The number of rotatable bonds is 6. The zero-order valence-electron chi connectivity index (χ0n) is 18.6. The fourth-order valence-electron chi connectivity index (χ4n) is 4.29. The van der Waals surface area contributed by atoms with Gasteiger partial charge in [0.1, 0.15) is 18.6 Å². The van der Waals surface area contributed by atoms with Crippen LogP contribution in [-0.4, -0.2) is 64.7 Å². The molecule has 170 valence electrons. The minimum atomic E-state index is -0.371. The molecule has 0 aromatic carbocycles. The Bertz CT molecular complexity index is 985. The van der Waals surface area contributed by atoms with Crippen LogP contribution in [0, 0.1) is 5.92 Å². The normalized spacial score (nSPS) is 19.3. The Morgan fingerprint density at radius 1 is 1.25 bits per heavy atom. The van der Waals surface area contributed by atoms with Gasteiger partial charge in [-0.25, -0.2) is 0 Å². The van der Waals surface area contributed by atoms with E-state index < -0.39 is 0 Å². The van der Waals surface area contributed by atoms with Gasteiger partial charge in [-0.2, -0.15) is 0 Å². The molecule has 1 atom stereocenters. The van der Waals surface area contributed by atoms with Crippen LogP contribution in [0.1, 0.15) is 58.9 Å². The van der Waals surface area contributed by atoms with Crippen molar-refractivity contribution in [2.75, 3.05) is 26.2 Å². The van der Waals surface area contributed by atoms with Crippen molar-refractivity contribution < 1.29 is 23.5 Å². The van der Waals surface area contributed by atoms with Crippen LogP contribution in [-0.2, 0) is 22.6 Å². The molecule has 3 heterocycles. The number of furan rings is 1. The van der Waals surface area contributed by atoms with Gasteiger partial charge in [0, 0.05) is 38.7 Å². The summed E-state index contributed by atoms with van der Waals surface area (Å²) in [6, 6.07) is 5.60. The Morgan fingerprint density at radius 2 is 2.09 bits per heavy atom. The predicted molar refractivity (Wildman–Crippen MR) is 116 cm³/mol. The number of aromatic nitrogens is 1. The first-order chi connectivity index (χ1) is 15.4. The summed E-state index contributed by atoms with van der Waals surface area (Å²) in [5, 5.41) is 0. The van der Waals surface area contributed by atoms with E-state index in [-0.39, 0.29) is 54.9 Å². The van der Waals surface area contributed by atoms with Crippen LogP contribution in [0.4, 0.5) is 0 Å². The molecule has 0 bridgehead atoms. The number of pyridine rings is 1. The van der Waals surface area contributed by atoms with Crippen molar-refractivity contribution in [2.45, 2.75) is 45.8 Å². The van der Waals surface area contributed by atoms with Crippen molar-refractivity contribution in [1.82, 2.24) is 14.8 Å². The van der Waals surface area contributed by atoms with E-state index in [0.29, 0.717) is 37.3 Å². The molecule has 2 amide bonds. The molecule has 8 nitrogen and oxygen atoms in total. The van der Waals surface area contributed by atoms with E-state index >= 15 is 0 Å². The highest BCUT2D eigenvalue weighted by Crippen LogP contribution is 2.28. The number of ketones is 1. The average molecular weight is 440 g/mol. The number of hydrogen-bond donors (Lipinski definition) is 0. The van der Waals surface area contributed by atoms with E-state index in [2.05, 4.69) is 4.98 Å². The average Bonchev–Trinajstić information content (AvgIpc) is 3.15. The SMILES string of the molecule is CC(C)CN1CC(OCc2ccccn2)CN(C(=O)c2coc3c2C(=O)CCC3)CC1=O. The highest BCUT2D eigenvalue weighted by molar-refractivity contribution is 6.09. The third kappa shape index (κ3) is 4.91. The summed E-state index contributed by atoms with van der Waals surface area (Å²) in [5.74, 6) is 0.288. The van der Waals surface area contributed by atoms with Crippen molar-refractivity contribution >= 4 is 17.6 Å². The number of aryl methyl sites for hydroxylation is 1. The number of carbonyl (C=O) groups excluding carboxylic acids is 3. The van der Waals surface area contributed by atoms with Gasteiger partial charge in [0.15, 0.2) is 5.78 Å². The molecule has 0 saturated carbocycles. The van der Waals surface area contributed by atoms with Crippen molar-refractivity contribution in [2.24, 2.45) is 5.92 Å². The van der Waals surface area contributed by atoms with Crippen molar-refractivity contribution in [3.8, 4) is 0 Å². The molecule has 0 radical (unpaired) electrons. The molecule has 1 aliphatic heterocycles. The maximum absolute atomic E-state index is 13.4. The second kappa shape index (κ2) is 9.65. The molecule has 0 N–H and O–H groups in total. The summed E-state index contributed by atoms with van der Waals surface area (Å²) < 4.78 is 11.6. The highest BCUT2D eigenvalue weighted by atomic mass is 16.5. The van der Waals surface area contributed by atoms with Crippen LogP contribution in [0.3, 0.4) is 0 Å². The van der Waals surface area contributed by atoms with E-state index in [0.717, 1.165) is 12.1 Å². The first-order valence-electron chi connectivity index (χ1n) is 11.1. The lowest BCUT2D eigenvalue weighted by molar-refractivity contribution is -0.132. The quantitative estimate of drug-likeness (QED) is 0.687. The van der Waals surface area contributed by atoms with E-state index in [1.54, 1.807) is 11.1 Å². The number of fused-ring (bicyclic) bond motifs is 1. The number of Topliss-reactive ketones (excluding diaryl/α,β-unsaturated/α-hetero) is 1. The van der Waals surface area contributed by atoms with Crippen molar-refractivity contribution in [3.63, 3.8) is 0 Å². The number of amides is 2. The Kier molecular flexibility index (Phi) is 6.69. The maximum Gasteiger partial charge on any atom is 0.258 e. The second-order valence-electron chi connectivity index (χ2n) is 8.86. The van der Waals surface area contributed by atoms with Crippen LogP contribution in [0.5, 0.6) is 0 Å². The van der Waals surface area contributed by atoms with Crippen LogP contribution in [0.25, 0.3) is 0 Å². The Labute approximate surface area is 187 Å². The molecule has 1 unspecified atom stereocenters. The van der Waals surface area contributed by atoms with Gasteiger partial charge < -0.3 is 19.0 Å². The first kappa shape index (κ1) is 22.2. The van der Waals surface area contributed by atoms with Gasteiger partial charge in [-0.15, -0.1) is 0 Å². The summed E-state index contributed by atoms with van der Waals surface area (Å²) >= 11 is 0. The molecule has 2 aliphatic rings. The summed E-state index contributed by atoms with van der Waals surface area (Å²) in [6.45, 7) is 5.57. The summed E-state index contributed by atoms with van der Waals surface area (Å²) in [4.78, 5) is 46.4. The molecule has 2 aromatic heterocycles. The lowest BCUT2D eigenvalue weighted by Crippen LogP contribution is -2.40. The Morgan fingerprint density at radius 3 is 2.84 bits per heavy atom. The number of nitrogens with zero attached hydrogens (tertiary/aromatic N) is 3. The topological polar surface area (TPSA) is 92.9 Å². The van der Waals surface area contributed by atoms with E-state index in [1.807, 2.05) is 32.0 Å². The third-order valence-corrected chi connectivity index (χ3v) is 5.78. The molecule has 8 heteroatoms. The van der Waals surface area contributed by atoms with E-state index in [4.69, 9.17) is 9.15 Å². The van der Waals surface area contributed by atoms with Gasteiger partial charge in [-0.3, -0.25) is 19.4 Å². The van der Waals surface area contributed by atoms with Gasteiger partial charge in [0.25, 0.3) is 5.91 Å². The fraction of sp³-hybridized carbons (Fsp3) is 0.500. The standard InChI is InChI=1S/C24H29N3O5/c1-16(2)10-26-11-18(31-14-17-6-3-4-9-25-17)12-27(13-22(26)29)24(30)19-15-32-21-8-5-7-20(28)23(19)21/h3-4,6,9,15-16,18H,5,7-8,10-14H2,1-2H3. The summed E-state index contributed by atoms with van der Waals surface area (Å²) in [5.41, 5.74) is 1.41. The predicted octanol–water partition coefficient (Wildman–Crippen LogP) is 2.72. The molecule has 1 aliphatic carbocycles. The molecule has 4 rings (SSSR count). The lowest BCUT2D eigenvalue weighted by Gasteiger charge is -2.25. The molecule has 2 aromatic rings. The largest absolute Gasteiger partial charge is 0.468 e. The summed E-state index contributed by atoms with van der Waals surface area (Å²) in [6.07, 6.45) is 4.47. The molecule has 1 fully saturated rings. The van der Waals surface area contributed by atoms with Gasteiger partial charge >= 0.3 is 0 Å². The van der Waals surface area contributed by atoms with E-state index in [9.17, 15) is 14.4 Å². The monoisotopic (exact) mass is 439 g/mol. The lowest BCUT2D eigenvalue weighted by atomic mass is 9.93. The number of hydrogen-bond acceptors (Lipinski definition) is 6. The van der Waals surface area contributed by atoms with Gasteiger partial charge in [-0.1, -0.05) is 19.9 Å². The van der Waals surface area contributed by atoms with E-state index in [1.165, 1.54) is 11.2 Å². The number of carbonyl (C=O) groups is 3. The van der Waals surface area contributed by atoms with Gasteiger partial charge in [0.05, 0.1) is 29.5 Å². The maximum atomic E-state index is 13.4. The molecular weight excluding hydrogens is 410 g/mol. The van der Waals surface area contributed by atoms with Crippen LogP contribution < -0.4 is 0 Å². The first-order valence-corrected chi connectivity index (χ1v) is 11.1. The zero-order chi connectivity index (χ0) is 22.7. The minimum Gasteiger partial charge on any atom is -0.468 e. The Hall–Kier alpha value is -3.00. The number of ether oxygens (including phenoxy) is 1. The van der Waals surface area contributed by atoms with Crippen molar-refractivity contribution in [3.05, 3.63) is 53.2 Å². The van der Waals surface area contributed by atoms with Crippen LogP contribution in [0.15, 0.2) is 35.1 Å². The molecule has 32 heavy (non-hydrogen) atoms. The Balaban J connectivity index is 1.55.